The van der Waals surface area contributed by atoms with Crippen LogP contribution in [0.2, 0.25) is 0 Å². The van der Waals surface area contributed by atoms with Crippen LogP contribution >= 0.6 is 11.3 Å². The van der Waals surface area contributed by atoms with Crippen molar-refractivity contribution in [2.75, 3.05) is 26.3 Å². The van der Waals surface area contributed by atoms with Gasteiger partial charge in [0, 0.05) is 35.6 Å². The van der Waals surface area contributed by atoms with E-state index in [1.54, 1.807) is 35.6 Å². The average Bonchev–Trinajstić information content (AvgIpc) is 3.09. The quantitative estimate of drug-likeness (QED) is 0.676. The minimum atomic E-state index is -0.0856. The molecule has 0 amide bonds. The number of aromatic hydroxyl groups is 1. The molecule has 1 saturated heterocycles. The molecule has 0 aliphatic carbocycles. The monoisotopic (exact) mass is 329 g/mol. The lowest BCUT2D eigenvalue weighted by atomic mass is 10.0. The molecular formula is C18H19NO3S. The average molecular weight is 329 g/mol. The number of benzene rings is 1. The van der Waals surface area contributed by atoms with Crippen molar-refractivity contribution in [1.82, 2.24) is 4.90 Å². The Balaban J connectivity index is 1.80. The van der Waals surface area contributed by atoms with Crippen LogP contribution in [0.25, 0.3) is 6.08 Å². The third-order valence-electron chi connectivity index (χ3n) is 3.84. The number of carbonyl (C=O) groups is 1. The Labute approximate surface area is 139 Å². The molecule has 0 atom stereocenters. The number of hydrogen-bond donors (Lipinski definition) is 1. The highest BCUT2D eigenvalue weighted by molar-refractivity contribution is 7.10. The second-order valence-corrected chi connectivity index (χ2v) is 6.38. The lowest BCUT2D eigenvalue weighted by Gasteiger charge is -2.27. The van der Waals surface area contributed by atoms with Crippen molar-refractivity contribution < 1.29 is 14.6 Å². The summed E-state index contributed by atoms with van der Waals surface area (Å²) < 4.78 is 5.34. The van der Waals surface area contributed by atoms with E-state index >= 15 is 0 Å². The van der Waals surface area contributed by atoms with Crippen molar-refractivity contribution in [2.45, 2.75) is 6.54 Å². The molecule has 1 aromatic carbocycles. The molecule has 0 bridgehead atoms. The highest BCUT2D eigenvalue weighted by Crippen LogP contribution is 2.24. The van der Waals surface area contributed by atoms with Gasteiger partial charge in [-0.1, -0.05) is 18.2 Å². The maximum Gasteiger partial charge on any atom is 0.186 e. The maximum absolute atomic E-state index is 12.5. The molecule has 1 N–H and O–H groups in total. The van der Waals surface area contributed by atoms with Crippen LogP contribution in [0.5, 0.6) is 5.75 Å². The van der Waals surface area contributed by atoms with Crippen molar-refractivity contribution in [1.29, 1.82) is 0 Å². The summed E-state index contributed by atoms with van der Waals surface area (Å²) in [7, 11) is 0. The van der Waals surface area contributed by atoms with Crippen molar-refractivity contribution in [3.05, 3.63) is 57.8 Å². The third-order valence-corrected chi connectivity index (χ3v) is 4.68. The summed E-state index contributed by atoms with van der Waals surface area (Å²) in [6.07, 6.45) is 3.39. The molecule has 1 fully saturated rings. The predicted molar refractivity (Wildman–Crippen MR) is 91.9 cm³/mol. The Kier molecular flexibility index (Phi) is 5.23. The predicted octanol–water partition coefficient (Wildman–Crippen LogP) is 3.18. The lowest BCUT2D eigenvalue weighted by Crippen LogP contribution is -2.36. The number of rotatable bonds is 5. The van der Waals surface area contributed by atoms with E-state index in [9.17, 15) is 9.90 Å². The maximum atomic E-state index is 12.5. The number of nitrogens with zero attached hydrogens (tertiary/aromatic N) is 1. The van der Waals surface area contributed by atoms with Crippen LogP contribution < -0.4 is 0 Å². The van der Waals surface area contributed by atoms with Crippen LogP contribution in [-0.2, 0) is 11.3 Å². The van der Waals surface area contributed by atoms with Gasteiger partial charge in [0.1, 0.15) is 5.75 Å². The van der Waals surface area contributed by atoms with Crippen LogP contribution in [-0.4, -0.2) is 42.1 Å². The molecular weight excluding hydrogens is 310 g/mol. The first-order chi connectivity index (χ1) is 11.2. The smallest absolute Gasteiger partial charge is 0.186 e. The summed E-state index contributed by atoms with van der Waals surface area (Å²) >= 11 is 1.59. The summed E-state index contributed by atoms with van der Waals surface area (Å²) in [5.74, 6) is 0.0874. The van der Waals surface area contributed by atoms with E-state index in [1.165, 1.54) is 0 Å². The zero-order chi connectivity index (χ0) is 16.1. The number of morpholine rings is 1. The van der Waals surface area contributed by atoms with Gasteiger partial charge in [0.25, 0.3) is 0 Å². The van der Waals surface area contributed by atoms with Crippen LogP contribution in [0, 0.1) is 0 Å². The first-order valence-corrected chi connectivity index (χ1v) is 8.49. The van der Waals surface area contributed by atoms with Gasteiger partial charge < -0.3 is 9.84 Å². The summed E-state index contributed by atoms with van der Waals surface area (Å²) in [6, 6.07) is 9.04. The zero-order valence-corrected chi connectivity index (χ0v) is 13.6. The summed E-state index contributed by atoms with van der Waals surface area (Å²) in [5, 5.41) is 12.2. The summed E-state index contributed by atoms with van der Waals surface area (Å²) in [6.45, 7) is 3.56. The van der Waals surface area contributed by atoms with E-state index in [2.05, 4.69) is 4.90 Å². The molecule has 0 saturated carbocycles. The molecule has 2 aromatic rings. The van der Waals surface area contributed by atoms with Gasteiger partial charge in [-0.25, -0.2) is 0 Å². The molecule has 23 heavy (non-hydrogen) atoms. The number of thiophene rings is 1. The van der Waals surface area contributed by atoms with Crippen LogP contribution in [0.15, 0.2) is 41.8 Å². The van der Waals surface area contributed by atoms with E-state index in [0.29, 0.717) is 30.9 Å². The molecule has 4 nitrogen and oxygen atoms in total. The number of carbonyl (C=O) groups excluding carboxylic acids is 1. The van der Waals surface area contributed by atoms with Gasteiger partial charge in [0.15, 0.2) is 5.78 Å². The van der Waals surface area contributed by atoms with Gasteiger partial charge in [-0.05, 0) is 29.7 Å². The highest BCUT2D eigenvalue weighted by atomic mass is 32.1. The number of phenols is 1. The second kappa shape index (κ2) is 7.55. The Morgan fingerprint density at radius 1 is 1.26 bits per heavy atom. The normalized spacial score (nSPS) is 16.0. The molecule has 0 spiro atoms. The fourth-order valence-corrected chi connectivity index (χ4v) is 3.21. The van der Waals surface area contributed by atoms with Gasteiger partial charge in [0.05, 0.1) is 13.2 Å². The molecule has 120 valence electrons. The van der Waals surface area contributed by atoms with Gasteiger partial charge in [-0.15, -0.1) is 11.3 Å². The van der Waals surface area contributed by atoms with E-state index in [1.807, 2.05) is 23.6 Å². The van der Waals surface area contributed by atoms with E-state index in [0.717, 1.165) is 18.0 Å². The lowest BCUT2D eigenvalue weighted by molar-refractivity contribution is 0.0338. The SMILES string of the molecule is O=C(/C=C/c1cccs1)c1cccc(O)c1CN1CCOCC1. The van der Waals surface area contributed by atoms with Gasteiger partial charge in [-0.2, -0.15) is 0 Å². The number of allylic oxidation sites excluding steroid dienone is 1. The highest BCUT2D eigenvalue weighted by Gasteiger charge is 2.18. The van der Waals surface area contributed by atoms with Gasteiger partial charge in [0.2, 0.25) is 0 Å². The van der Waals surface area contributed by atoms with Crippen molar-refractivity contribution in [3.63, 3.8) is 0 Å². The molecule has 1 aliphatic rings. The van der Waals surface area contributed by atoms with E-state index in [-0.39, 0.29) is 11.5 Å². The van der Waals surface area contributed by atoms with Crippen LogP contribution in [0.4, 0.5) is 0 Å². The molecule has 0 radical (unpaired) electrons. The number of ketones is 1. The summed E-state index contributed by atoms with van der Waals surface area (Å²) in [5.41, 5.74) is 1.25. The molecule has 3 rings (SSSR count). The van der Waals surface area contributed by atoms with E-state index < -0.39 is 0 Å². The number of hydrogen-bond acceptors (Lipinski definition) is 5. The minimum Gasteiger partial charge on any atom is -0.508 e. The van der Waals surface area contributed by atoms with E-state index in [4.69, 9.17) is 4.74 Å². The number of phenolic OH excluding ortho intramolecular Hbond substituents is 1. The molecule has 2 heterocycles. The fourth-order valence-electron chi connectivity index (χ4n) is 2.59. The molecule has 1 aromatic heterocycles. The topological polar surface area (TPSA) is 49.8 Å². The van der Waals surface area contributed by atoms with Crippen molar-refractivity contribution in [3.8, 4) is 5.75 Å². The van der Waals surface area contributed by atoms with Crippen molar-refractivity contribution >= 4 is 23.2 Å². The van der Waals surface area contributed by atoms with Gasteiger partial charge in [-0.3, -0.25) is 9.69 Å². The Morgan fingerprint density at radius 2 is 2.09 bits per heavy atom. The molecule has 5 heteroatoms. The zero-order valence-electron chi connectivity index (χ0n) is 12.8. The first kappa shape index (κ1) is 15.9. The molecule has 1 aliphatic heterocycles. The van der Waals surface area contributed by atoms with Gasteiger partial charge >= 0.3 is 0 Å². The Morgan fingerprint density at radius 3 is 2.83 bits per heavy atom. The Bertz CT molecular complexity index is 688. The van der Waals surface area contributed by atoms with Crippen LogP contribution in [0.3, 0.4) is 0 Å². The number of ether oxygens (including phenoxy) is 1. The third kappa shape index (κ3) is 4.07. The Hall–Kier alpha value is -1.95. The summed E-state index contributed by atoms with van der Waals surface area (Å²) in [4.78, 5) is 15.7. The minimum absolute atomic E-state index is 0.0856. The largest absolute Gasteiger partial charge is 0.508 e. The van der Waals surface area contributed by atoms with Crippen molar-refractivity contribution in [2.24, 2.45) is 0 Å². The van der Waals surface area contributed by atoms with Crippen LogP contribution in [0.1, 0.15) is 20.8 Å². The molecule has 0 unspecified atom stereocenters. The second-order valence-electron chi connectivity index (χ2n) is 5.40. The first-order valence-electron chi connectivity index (χ1n) is 7.61. The standard InChI is InChI=1S/C18H19NO3S/c20-17-5-1-4-15(16(17)13-19-8-10-22-11-9-19)18(21)7-6-14-3-2-12-23-14/h1-7,12,20H,8-11,13H2/b7-6+. The fraction of sp³-hybridized carbons (Fsp3) is 0.278.